The third kappa shape index (κ3) is 6.39. The zero-order chi connectivity index (χ0) is 30.7. The average molecular weight is 597 g/mol. The van der Waals surface area contributed by atoms with Gasteiger partial charge in [-0.15, -0.1) is 11.3 Å². The predicted molar refractivity (Wildman–Crippen MR) is 172 cm³/mol. The summed E-state index contributed by atoms with van der Waals surface area (Å²) in [6, 6.07) is 20.5. The number of primary amides is 1. The van der Waals surface area contributed by atoms with Gasteiger partial charge in [0, 0.05) is 29.1 Å². The van der Waals surface area contributed by atoms with Crippen molar-refractivity contribution in [1.29, 1.82) is 0 Å². The molecule has 0 radical (unpaired) electrons. The lowest BCUT2D eigenvalue weighted by Crippen LogP contribution is -2.18. The molecule has 2 amide bonds. The highest BCUT2D eigenvalue weighted by Gasteiger charge is 2.25. The van der Waals surface area contributed by atoms with Crippen molar-refractivity contribution < 1.29 is 14.0 Å². The summed E-state index contributed by atoms with van der Waals surface area (Å²) in [7, 11) is 1.58. The van der Waals surface area contributed by atoms with E-state index in [4.69, 9.17) is 10.7 Å². The number of fused-ring (bicyclic) bond motifs is 2. The van der Waals surface area contributed by atoms with Gasteiger partial charge in [-0.2, -0.15) is 0 Å². The Morgan fingerprint density at radius 1 is 1.00 bits per heavy atom. The zero-order valence-corrected chi connectivity index (χ0v) is 25.8. The third-order valence-corrected chi connectivity index (χ3v) is 8.97. The highest BCUT2D eigenvalue weighted by Crippen LogP contribution is 2.39. The van der Waals surface area contributed by atoms with Gasteiger partial charge in [0.25, 0.3) is 11.8 Å². The van der Waals surface area contributed by atoms with Crippen LogP contribution in [0, 0.1) is 11.7 Å². The monoisotopic (exact) mass is 596 g/mol. The Morgan fingerprint density at radius 3 is 2.28 bits per heavy atom. The molecule has 3 aromatic heterocycles. The minimum atomic E-state index is -0.547. The van der Waals surface area contributed by atoms with Crippen LogP contribution < -0.4 is 11.1 Å². The van der Waals surface area contributed by atoms with E-state index in [1.165, 1.54) is 42.7 Å². The molecule has 6 nitrogen and oxygen atoms in total. The second-order valence-electron chi connectivity index (χ2n) is 11.3. The number of pyridine rings is 1. The lowest BCUT2D eigenvalue weighted by molar-refractivity contribution is 0.0965. The number of carbonyl (C=O) groups is 2. The van der Waals surface area contributed by atoms with Gasteiger partial charge in [0.1, 0.15) is 11.5 Å². The van der Waals surface area contributed by atoms with Crippen LogP contribution in [-0.4, -0.2) is 28.4 Å². The maximum atomic E-state index is 13.5. The first-order chi connectivity index (χ1) is 20.7. The molecule has 1 atom stereocenters. The molecule has 0 saturated carbocycles. The predicted octanol–water partition coefficient (Wildman–Crippen LogP) is 7.35. The second kappa shape index (κ2) is 12.9. The number of nitrogens with two attached hydrogens (primary N) is 1. The topological polar surface area (TPSA) is 90.0 Å². The number of nitrogens with zero attached hydrogens (tertiary/aromatic N) is 2. The fourth-order valence-corrected chi connectivity index (χ4v) is 6.73. The quantitative estimate of drug-likeness (QED) is 0.206. The normalized spacial score (nSPS) is 13.0. The molecule has 3 heterocycles. The van der Waals surface area contributed by atoms with Gasteiger partial charge in [-0.3, -0.25) is 9.59 Å². The molecule has 1 aliphatic rings. The number of nitrogens with one attached hydrogen (secondary N) is 1. The number of rotatable bonds is 7. The smallest absolute Gasteiger partial charge is 0.261 e. The Morgan fingerprint density at radius 2 is 1.67 bits per heavy atom. The highest BCUT2D eigenvalue weighted by atomic mass is 32.1. The molecule has 43 heavy (non-hydrogen) atoms. The standard InChI is InChI=1S/C26H27FN4O2S.C9H10/c1-14(2)13-19-23(24(28)32)22(20-9-10-21(34-20)26(33)29-4)18-11-12-31(25(18)30-19)15(3)16-5-7-17(27)8-6-16;1-2-5-9-7-3-6-8(9)4-1/h5-12,14-15H,13H2,1-4H3,(H2,28,32)(H,29,33);1-2,4-5H,3,6-7H2. The van der Waals surface area contributed by atoms with E-state index in [9.17, 15) is 14.0 Å². The Balaban J connectivity index is 0.000000345. The van der Waals surface area contributed by atoms with E-state index in [0.29, 0.717) is 33.8 Å². The van der Waals surface area contributed by atoms with Crippen LogP contribution in [-0.2, 0) is 19.3 Å². The molecule has 0 aliphatic heterocycles. The first kappa shape index (κ1) is 30.2. The number of amides is 2. The minimum absolute atomic E-state index is 0.116. The van der Waals surface area contributed by atoms with Crippen LogP contribution in [0.3, 0.4) is 0 Å². The molecule has 0 bridgehead atoms. The summed E-state index contributed by atoms with van der Waals surface area (Å²) in [5.74, 6) is -0.774. The number of carbonyl (C=O) groups excluding carboxylic acids is 2. The van der Waals surface area contributed by atoms with Gasteiger partial charge in [-0.05, 0) is 85.5 Å². The molecular formula is C35H37FN4O2S. The molecule has 0 spiro atoms. The van der Waals surface area contributed by atoms with Crippen molar-refractivity contribution in [1.82, 2.24) is 14.9 Å². The van der Waals surface area contributed by atoms with Crippen LogP contribution >= 0.6 is 11.3 Å². The van der Waals surface area contributed by atoms with Crippen molar-refractivity contribution in [2.45, 2.75) is 52.5 Å². The second-order valence-corrected chi connectivity index (χ2v) is 12.4. The molecule has 0 saturated heterocycles. The van der Waals surface area contributed by atoms with Crippen molar-refractivity contribution >= 4 is 34.2 Å². The van der Waals surface area contributed by atoms with E-state index in [1.807, 2.05) is 29.8 Å². The van der Waals surface area contributed by atoms with Gasteiger partial charge in [-0.1, -0.05) is 50.2 Å². The molecule has 1 unspecified atom stereocenters. The van der Waals surface area contributed by atoms with Crippen LogP contribution in [0.15, 0.2) is 72.9 Å². The SMILES string of the molecule is CNC(=O)c1ccc(-c2c(C(N)=O)c(CC(C)C)nc3c2ccn3C(C)c2ccc(F)cc2)s1.c1ccc2c(c1)CCC2. The van der Waals surface area contributed by atoms with Crippen LogP contribution in [0.25, 0.3) is 21.5 Å². The molecule has 3 N–H and O–H groups in total. The number of halogens is 1. The van der Waals surface area contributed by atoms with E-state index >= 15 is 0 Å². The summed E-state index contributed by atoms with van der Waals surface area (Å²) in [5.41, 5.74) is 12.4. The van der Waals surface area contributed by atoms with Crippen LogP contribution in [0.1, 0.15) is 75.6 Å². The Labute approximate surface area is 255 Å². The Bertz CT molecular complexity index is 1750. The number of thiophene rings is 1. The molecule has 1 aliphatic carbocycles. The van der Waals surface area contributed by atoms with Crippen LogP contribution in [0.4, 0.5) is 4.39 Å². The van der Waals surface area contributed by atoms with E-state index in [-0.39, 0.29) is 23.7 Å². The molecule has 8 heteroatoms. The fraction of sp³-hybridized carbons (Fsp3) is 0.286. The van der Waals surface area contributed by atoms with Gasteiger partial charge < -0.3 is 15.6 Å². The lowest BCUT2D eigenvalue weighted by atomic mass is 9.96. The van der Waals surface area contributed by atoms with Gasteiger partial charge >= 0.3 is 0 Å². The van der Waals surface area contributed by atoms with Gasteiger partial charge in [0.05, 0.1) is 22.2 Å². The maximum Gasteiger partial charge on any atom is 0.261 e. The summed E-state index contributed by atoms with van der Waals surface area (Å²) in [6.07, 6.45) is 6.46. The van der Waals surface area contributed by atoms with E-state index < -0.39 is 5.91 Å². The number of hydrogen-bond acceptors (Lipinski definition) is 4. The van der Waals surface area contributed by atoms with Crippen LogP contribution in [0.2, 0.25) is 0 Å². The zero-order valence-electron chi connectivity index (χ0n) is 25.0. The number of hydrogen-bond donors (Lipinski definition) is 2. The fourth-order valence-electron chi connectivity index (χ4n) is 5.72. The van der Waals surface area contributed by atoms with Crippen molar-refractivity contribution in [3.63, 3.8) is 0 Å². The summed E-state index contributed by atoms with van der Waals surface area (Å²) in [5, 5.41) is 3.41. The molecule has 222 valence electrons. The Hall–Kier alpha value is -4.30. The van der Waals surface area contributed by atoms with Gasteiger partial charge in [0.15, 0.2) is 0 Å². The van der Waals surface area contributed by atoms with Gasteiger partial charge in [0.2, 0.25) is 0 Å². The summed E-state index contributed by atoms with van der Waals surface area (Å²) in [6.45, 7) is 6.14. The summed E-state index contributed by atoms with van der Waals surface area (Å²) < 4.78 is 15.5. The molecule has 2 aromatic carbocycles. The van der Waals surface area contributed by atoms with Crippen molar-refractivity contribution in [2.24, 2.45) is 11.7 Å². The number of benzene rings is 2. The summed E-state index contributed by atoms with van der Waals surface area (Å²) >= 11 is 1.31. The average Bonchev–Trinajstić information content (AvgIpc) is 3.76. The number of aryl methyl sites for hydroxylation is 2. The molecule has 6 rings (SSSR count). The molecule has 0 fully saturated rings. The van der Waals surface area contributed by atoms with Crippen molar-refractivity contribution in [3.05, 3.63) is 112 Å². The van der Waals surface area contributed by atoms with E-state index in [0.717, 1.165) is 15.8 Å². The summed E-state index contributed by atoms with van der Waals surface area (Å²) in [4.78, 5) is 31.1. The van der Waals surface area contributed by atoms with E-state index in [2.05, 4.69) is 43.4 Å². The molecule has 5 aromatic rings. The van der Waals surface area contributed by atoms with E-state index in [1.54, 1.807) is 36.4 Å². The maximum absolute atomic E-state index is 13.5. The third-order valence-electron chi connectivity index (χ3n) is 7.87. The van der Waals surface area contributed by atoms with Gasteiger partial charge in [-0.25, -0.2) is 9.37 Å². The number of aromatic nitrogens is 2. The Kier molecular flexibility index (Phi) is 9.06. The first-order valence-corrected chi connectivity index (χ1v) is 15.5. The van der Waals surface area contributed by atoms with Crippen molar-refractivity contribution in [3.8, 4) is 10.4 Å². The lowest BCUT2D eigenvalue weighted by Gasteiger charge is -2.18. The largest absolute Gasteiger partial charge is 0.366 e. The van der Waals surface area contributed by atoms with Crippen LogP contribution in [0.5, 0.6) is 0 Å². The highest BCUT2D eigenvalue weighted by molar-refractivity contribution is 7.17. The molecular weight excluding hydrogens is 559 g/mol. The minimum Gasteiger partial charge on any atom is -0.366 e. The first-order valence-electron chi connectivity index (χ1n) is 14.7. The van der Waals surface area contributed by atoms with Crippen molar-refractivity contribution in [2.75, 3.05) is 7.05 Å².